The van der Waals surface area contributed by atoms with Crippen LogP contribution >= 0.6 is 0 Å². The number of ether oxygens (including phenoxy) is 3. The fraction of sp³-hybridized carbons (Fsp3) is 0.192. The standard InChI is InChI=1S/C26H25F2NO4/c1-29(17-18-13-14-23(33-26(27)28)24(15-18)32-3)25(30)21(19-9-5-4-6-10-19)16-20-11-7-8-12-22(20)31-2/h4-16,26H,17H2,1-3H3/b21-16+. The van der Waals surface area contributed by atoms with E-state index in [2.05, 4.69) is 4.74 Å². The Morgan fingerprint density at radius 1 is 0.909 bits per heavy atom. The summed E-state index contributed by atoms with van der Waals surface area (Å²) in [5, 5.41) is 0. The summed E-state index contributed by atoms with van der Waals surface area (Å²) in [5.74, 6) is 0.549. The number of alkyl halides is 2. The molecule has 0 heterocycles. The molecular weight excluding hydrogens is 428 g/mol. The number of hydrogen-bond donors (Lipinski definition) is 0. The van der Waals surface area contributed by atoms with Crippen molar-refractivity contribution in [1.82, 2.24) is 4.90 Å². The molecule has 0 saturated carbocycles. The van der Waals surface area contributed by atoms with Crippen LogP contribution in [-0.2, 0) is 11.3 Å². The molecule has 0 aliphatic rings. The highest BCUT2D eigenvalue weighted by Crippen LogP contribution is 2.31. The van der Waals surface area contributed by atoms with Gasteiger partial charge in [-0.2, -0.15) is 8.78 Å². The van der Waals surface area contributed by atoms with Gasteiger partial charge in [-0.1, -0.05) is 54.6 Å². The Balaban J connectivity index is 1.91. The summed E-state index contributed by atoms with van der Waals surface area (Å²) < 4.78 is 40.2. The molecule has 7 heteroatoms. The van der Waals surface area contributed by atoms with Crippen LogP contribution in [0.2, 0.25) is 0 Å². The molecule has 0 aromatic heterocycles. The van der Waals surface area contributed by atoms with E-state index < -0.39 is 6.61 Å². The van der Waals surface area contributed by atoms with Gasteiger partial charge in [0.05, 0.1) is 14.2 Å². The maximum Gasteiger partial charge on any atom is 0.387 e. The van der Waals surface area contributed by atoms with Crippen LogP contribution < -0.4 is 14.2 Å². The van der Waals surface area contributed by atoms with Crippen LogP contribution in [0.25, 0.3) is 11.6 Å². The molecule has 0 atom stereocenters. The largest absolute Gasteiger partial charge is 0.496 e. The van der Waals surface area contributed by atoms with Crippen LogP contribution in [0.1, 0.15) is 16.7 Å². The number of hydrogen-bond acceptors (Lipinski definition) is 4. The first-order chi connectivity index (χ1) is 15.9. The van der Waals surface area contributed by atoms with E-state index in [0.717, 1.165) is 11.1 Å². The number of amides is 1. The lowest BCUT2D eigenvalue weighted by Crippen LogP contribution is -2.27. The molecule has 0 spiro atoms. The van der Waals surface area contributed by atoms with Crippen LogP contribution in [0, 0.1) is 0 Å². The first-order valence-electron chi connectivity index (χ1n) is 10.2. The number of carbonyl (C=O) groups excluding carboxylic acids is 1. The van der Waals surface area contributed by atoms with Crippen LogP contribution in [0.4, 0.5) is 8.78 Å². The molecule has 0 radical (unpaired) electrons. The quantitative estimate of drug-likeness (QED) is 0.317. The summed E-state index contributed by atoms with van der Waals surface area (Å²) in [6.45, 7) is -2.72. The van der Waals surface area contributed by atoms with Crippen molar-refractivity contribution in [3.05, 3.63) is 89.5 Å². The number of benzene rings is 3. The van der Waals surface area contributed by atoms with Crippen LogP contribution in [0.15, 0.2) is 72.8 Å². The molecule has 3 rings (SSSR count). The average Bonchev–Trinajstić information content (AvgIpc) is 2.83. The maximum absolute atomic E-state index is 13.5. The second kappa shape index (κ2) is 11.1. The summed E-state index contributed by atoms with van der Waals surface area (Å²) in [5.41, 5.74) is 2.73. The molecule has 1 amide bonds. The van der Waals surface area contributed by atoms with Crippen molar-refractivity contribution >= 4 is 17.6 Å². The molecular formula is C26H25F2NO4. The van der Waals surface area contributed by atoms with E-state index >= 15 is 0 Å². The lowest BCUT2D eigenvalue weighted by molar-refractivity contribution is -0.124. The van der Waals surface area contributed by atoms with Gasteiger partial charge in [-0.15, -0.1) is 0 Å². The van der Waals surface area contributed by atoms with Gasteiger partial charge in [-0.05, 0) is 35.4 Å². The van der Waals surface area contributed by atoms with E-state index in [-0.39, 0.29) is 24.0 Å². The van der Waals surface area contributed by atoms with Gasteiger partial charge in [0.2, 0.25) is 0 Å². The average molecular weight is 453 g/mol. The van der Waals surface area contributed by atoms with E-state index in [4.69, 9.17) is 9.47 Å². The second-order valence-corrected chi connectivity index (χ2v) is 7.19. The number of nitrogens with zero attached hydrogens (tertiary/aromatic N) is 1. The van der Waals surface area contributed by atoms with Gasteiger partial charge >= 0.3 is 6.61 Å². The maximum atomic E-state index is 13.5. The van der Waals surface area contributed by atoms with E-state index in [0.29, 0.717) is 16.9 Å². The van der Waals surface area contributed by atoms with E-state index in [1.165, 1.54) is 13.2 Å². The second-order valence-electron chi connectivity index (χ2n) is 7.19. The summed E-state index contributed by atoms with van der Waals surface area (Å²) >= 11 is 0. The summed E-state index contributed by atoms with van der Waals surface area (Å²) in [6.07, 6.45) is 1.80. The SMILES string of the molecule is COc1ccccc1/C=C(/C(=O)N(C)Cc1ccc(OC(F)F)c(OC)c1)c1ccccc1. The number of methoxy groups -OCH3 is 2. The smallest absolute Gasteiger partial charge is 0.387 e. The molecule has 0 bridgehead atoms. The van der Waals surface area contributed by atoms with Gasteiger partial charge in [0.25, 0.3) is 5.91 Å². The zero-order chi connectivity index (χ0) is 23.8. The monoisotopic (exact) mass is 453 g/mol. The number of halogens is 2. The Hall–Kier alpha value is -3.87. The first-order valence-corrected chi connectivity index (χ1v) is 10.2. The van der Waals surface area contributed by atoms with Crippen molar-refractivity contribution in [2.24, 2.45) is 0 Å². The summed E-state index contributed by atoms with van der Waals surface area (Å²) in [4.78, 5) is 15.0. The fourth-order valence-electron chi connectivity index (χ4n) is 3.38. The minimum atomic E-state index is -2.96. The lowest BCUT2D eigenvalue weighted by Gasteiger charge is -2.21. The van der Waals surface area contributed by atoms with E-state index in [1.807, 2.05) is 54.6 Å². The van der Waals surface area contributed by atoms with E-state index in [1.54, 1.807) is 37.3 Å². The summed E-state index contributed by atoms with van der Waals surface area (Å²) in [6, 6.07) is 21.4. The fourth-order valence-corrected chi connectivity index (χ4v) is 3.38. The molecule has 0 aliphatic carbocycles. The van der Waals surface area contributed by atoms with Gasteiger partial charge in [0.15, 0.2) is 11.5 Å². The highest BCUT2D eigenvalue weighted by molar-refractivity contribution is 6.24. The number of rotatable bonds is 9. The number of likely N-dealkylation sites (N-methyl/N-ethyl adjacent to an activating group) is 1. The molecule has 3 aromatic rings. The summed E-state index contributed by atoms with van der Waals surface area (Å²) in [7, 11) is 4.63. The van der Waals surface area contributed by atoms with Crippen LogP contribution in [-0.4, -0.2) is 38.7 Å². The molecule has 172 valence electrons. The molecule has 33 heavy (non-hydrogen) atoms. The Morgan fingerprint density at radius 2 is 1.58 bits per heavy atom. The van der Waals surface area contributed by atoms with Gasteiger partial charge in [0.1, 0.15) is 5.75 Å². The van der Waals surface area contributed by atoms with Crippen molar-refractivity contribution < 1.29 is 27.8 Å². The van der Waals surface area contributed by atoms with Gasteiger partial charge in [-0.3, -0.25) is 4.79 Å². The highest BCUT2D eigenvalue weighted by atomic mass is 19.3. The van der Waals surface area contributed by atoms with Gasteiger partial charge < -0.3 is 19.1 Å². The molecule has 0 N–H and O–H groups in total. The van der Waals surface area contributed by atoms with Crippen molar-refractivity contribution in [2.75, 3.05) is 21.3 Å². The minimum Gasteiger partial charge on any atom is -0.496 e. The third-order valence-corrected chi connectivity index (χ3v) is 4.96. The Labute approximate surface area is 191 Å². The molecule has 0 fully saturated rings. The zero-order valence-electron chi connectivity index (χ0n) is 18.6. The number of para-hydroxylation sites is 1. The first kappa shape index (κ1) is 23.8. The minimum absolute atomic E-state index is 0.0636. The molecule has 0 unspecified atom stereocenters. The predicted molar refractivity (Wildman–Crippen MR) is 123 cm³/mol. The van der Waals surface area contributed by atoms with Crippen molar-refractivity contribution in [3.63, 3.8) is 0 Å². The Kier molecular flexibility index (Phi) is 8.02. The lowest BCUT2D eigenvalue weighted by atomic mass is 10.0. The van der Waals surface area contributed by atoms with Gasteiger partial charge in [-0.25, -0.2) is 0 Å². The molecule has 0 saturated heterocycles. The van der Waals surface area contributed by atoms with Crippen molar-refractivity contribution in [2.45, 2.75) is 13.2 Å². The number of carbonyl (C=O) groups is 1. The normalized spacial score (nSPS) is 11.3. The Morgan fingerprint density at radius 3 is 2.24 bits per heavy atom. The molecule has 5 nitrogen and oxygen atoms in total. The third-order valence-electron chi connectivity index (χ3n) is 4.96. The highest BCUT2D eigenvalue weighted by Gasteiger charge is 2.19. The Bertz CT molecular complexity index is 1120. The van der Waals surface area contributed by atoms with Crippen LogP contribution in [0.3, 0.4) is 0 Å². The zero-order valence-corrected chi connectivity index (χ0v) is 18.6. The van der Waals surface area contributed by atoms with Crippen molar-refractivity contribution in [1.29, 1.82) is 0 Å². The van der Waals surface area contributed by atoms with Gasteiger partial charge in [0, 0.05) is 24.7 Å². The molecule has 0 aliphatic heterocycles. The molecule has 3 aromatic carbocycles. The van der Waals surface area contributed by atoms with Crippen LogP contribution in [0.5, 0.6) is 17.2 Å². The van der Waals surface area contributed by atoms with E-state index in [9.17, 15) is 13.6 Å². The van der Waals surface area contributed by atoms with Crippen molar-refractivity contribution in [3.8, 4) is 17.2 Å². The third kappa shape index (κ3) is 6.10. The predicted octanol–water partition coefficient (Wildman–Crippen LogP) is 5.50. The topological polar surface area (TPSA) is 48.0 Å².